The first-order valence-electron chi connectivity index (χ1n) is 5.09. The molecule has 1 N–H and O–H groups in total. The molecule has 0 radical (unpaired) electrons. The summed E-state index contributed by atoms with van der Waals surface area (Å²) >= 11 is 4.92. The van der Waals surface area contributed by atoms with Crippen LogP contribution in [-0.2, 0) is 6.54 Å². The zero-order valence-electron chi connectivity index (χ0n) is 8.90. The second-order valence-electron chi connectivity index (χ2n) is 3.34. The SMILES string of the molecule is CCNCc1snnc1-c1cccc(Br)c1. The molecule has 0 aliphatic carbocycles. The first-order valence-corrected chi connectivity index (χ1v) is 6.65. The van der Waals surface area contributed by atoms with Crippen LogP contribution in [0.5, 0.6) is 0 Å². The largest absolute Gasteiger partial charge is 0.312 e. The van der Waals surface area contributed by atoms with Crippen molar-refractivity contribution in [2.75, 3.05) is 6.54 Å². The van der Waals surface area contributed by atoms with E-state index in [2.05, 4.69) is 49.9 Å². The quantitative estimate of drug-likeness (QED) is 0.942. The van der Waals surface area contributed by atoms with Crippen molar-refractivity contribution in [3.05, 3.63) is 33.6 Å². The highest BCUT2D eigenvalue weighted by Crippen LogP contribution is 2.26. The van der Waals surface area contributed by atoms with Gasteiger partial charge in [0.15, 0.2) is 0 Å². The van der Waals surface area contributed by atoms with Crippen LogP contribution in [0, 0.1) is 0 Å². The third-order valence-electron chi connectivity index (χ3n) is 2.19. The van der Waals surface area contributed by atoms with Gasteiger partial charge in [-0.25, -0.2) is 0 Å². The van der Waals surface area contributed by atoms with E-state index in [1.54, 1.807) is 0 Å². The molecule has 16 heavy (non-hydrogen) atoms. The lowest BCUT2D eigenvalue weighted by molar-refractivity contribution is 0.735. The molecule has 0 atom stereocenters. The Morgan fingerprint density at radius 1 is 1.44 bits per heavy atom. The molecule has 1 heterocycles. The summed E-state index contributed by atoms with van der Waals surface area (Å²) in [5, 5.41) is 7.48. The maximum Gasteiger partial charge on any atom is 0.110 e. The summed E-state index contributed by atoms with van der Waals surface area (Å²) in [6, 6.07) is 8.13. The number of aromatic nitrogens is 2. The van der Waals surface area contributed by atoms with Crippen LogP contribution in [0.3, 0.4) is 0 Å². The molecule has 0 bridgehead atoms. The lowest BCUT2D eigenvalue weighted by Crippen LogP contribution is -2.11. The number of rotatable bonds is 4. The van der Waals surface area contributed by atoms with Crippen molar-refractivity contribution < 1.29 is 0 Å². The highest BCUT2D eigenvalue weighted by Gasteiger charge is 2.09. The molecule has 5 heteroatoms. The van der Waals surface area contributed by atoms with Gasteiger partial charge in [-0.1, -0.05) is 39.5 Å². The number of hydrogen-bond donors (Lipinski definition) is 1. The molecule has 0 amide bonds. The normalized spacial score (nSPS) is 10.6. The summed E-state index contributed by atoms with van der Waals surface area (Å²) in [6.45, 7) is 3.87. The molecule has 0 unspecified atom stereocenters. The number of benzene rings is 1. The van der Waals surface area contributed by atoms with E-state index in [0.29, 0.717) is 0 Å². The summed E-state index contributed by atoms with van der Waals surface area (Å²) in [5.74, 6) is 0. The second-order valence-corrected chi connectivity index (χ2v) is 5.09. The van der Waals surface area contributed by atoms with E-state index >= 15 is 0 Å². The molecule has 1 aromatic carbocycles. The summed E-state index contributed by atoms with van der Waals surface area (Å²) in [4.78, 5) is 1.18. The maximum absolute atomic E-state index is 4.19. The zero-order valence-corrected chi connectivity index (χ0v) is 11.3. The minimum absolute atomic E-state index is 0.829. The van der Waals surface area contributed by atoms with Gasteiger partial charge >= 0.3 is 0 Å². The smallest absolute Gasteiger partial charge is 0.110 e. The number of hydrogen-bond acceptors (Lipinski definition) is 4. The lowest BCUT2D eigenvalue weighted by Gasteiger charge is -2.02. The standard InChI is InChI=1S/C11H12BrN3S/c1-2-13-7-10-11(14-15-16-10)8-4-3-5-9(12)6-8/h3-6,13H,2,7H2,1H3. The van der Waals surface area contributed by atoms with Crippen LogP contribution < -0.4 is 5.32 Å². The highest BCUT2D eigenvalue weighted by atomic mass is 79.9. The Hall–Kier alpha value is -0.780. The molecule has 1 aromatic heterocycles. The topological polar surface area (TPSA) is 37.8 Å². The van der Waals surface area contributed by atoms with Crippen molar-refractivity contribution >= 4 is 27.5 Å². The molecule has 0 aliphatic rings. The fraction of sp³-hybridized carbons (Fsp3) is 0.273. The van der Waals surface area contributed by atoms with Gasteiger partial charge in [-0.2, -0.15) is 0 Å². The Bertz CT molecular complexity index is 470. The Morgan fingerprint density at radius 3 is 3.06 bits per heavy atom. The van der Waals surface area contributed by atoms with E-state index in [1.807, 2.05) is 12.1 Å². The van der Waals surface area contributed by atoms with Gasteiger partial charge in [0.25, 0.3) is 0 Å². The summed E-state index contributed by atoms with van der Waals surface area (Å²) < 4.78 is 5.08. The van der Waals surface area contributed by atoms with Gasteiger partial charge < -0.3 is 5.32 Å². The summed E-state index contributed by atoms with van der Waals surface area (Å²) in [5.41, 5.74) is 2.09. The average Bonchev–Trinajstić information content (AvgIpc) is 2.74. The third kappa shape index (κ3) is 2.66. The fourth-order valence-corrected chi connectivity index (χ4v) is 2.45. The van der Waals surface area contributed by atoms with Gasteiger partial charge in [0.1, 0.15) is 5.69 Å². The van der Waals surface area contributed by atoms with Crippen LogP contribution in [0.15, 0.2) is 28.7 Å². The molecule has 0 spiro atoms. The minimum atomic E-state index is 0.829. The summed E-state index contributed by atoms with van der Waals surface area (Å²) in [7, 11) is 0. The average molecular weight is 298 g/mol. The third-order valence-corrected chi connectivity index (χ3v) is 3.40. The van der Waals surface area contributed by atoms with E-state index in [-0.39, 0.29) is 0 Å². The highest BCUT2D eigenvalue weighted by molar-refractivity contribution is 9.10. The van der Waals surface area contributed by atoms with Crippen molar-refractivity contribution in [1.29, 1.82) is 0 Å². The first kappa shape index (κ1) is 11.7. The maximum atomic E-state index is 4.19. The van der Waals surface area contributed by atoms with E-state index in [0.717, 1.165) is 28.8 Å². The zero-order chi connectivity index (χ0) is 11.4. The minimum Gasteiger partial charge on any atom is -0.312 e. The summed E-state index contributed by atoms with van der Waals surface area (Å²) in [6.07, 6.45) is 0. The number of nitrogens with zero attached hydrogens (tertiary/aromatic N) is 2. The van der Waals surface area contributed by atoms with E-state index < -0.39 is 0 Å². The molecule has 0 saturated heterocycles. The predicted octanol–water partition coefficient (Wildman–Crippen LogP) is 3.08. The second kappa shape index (κ2) is 5.52. The van der Waals surface area contributed by atoms with Gasteiger partial charge in [-0.3, -0.25) is 0 Å². The van der Waals surface area contributed by atoms with Crippen molar-refractivity contribution in [3.63, 3.8) is 0 Å². The molecule has 0 aliphatic heterocycles. The van der Waals surface area contributed by atoms with E-state index in [9.17, 15) is 0 Å². The Labute approximate surface area is 107 Å². The van der Waals surface area contributed by atoms with Gasteiger partial charge in [0, 0.05) is 16.6 Å². The van der Waals surface area contributed by atoms with Gasteiger partial charge in [-0.05, 0) is 30.2 Å². The Balaban J connectivity index is 2.29. The molecule has 2 aromatic rings. The van der Waals surface area contributed by atoms with Crippen molar-refractivity contribution in [1.82, 2.24) is 14.9 Å². The monoisotopic (exact) mass is 297 g/mol. The van der Waals surface area contributed by atoms with Crippen LogP contribution in [0.25, 0.3) is 11.3 Å². The van der Waals surface area contributed by atoms with Gasteiger partial charge in [-0.15, -0.1) is 5.10 Å². The van der Waals surface area contributed by atoms with Gasteiger partial charge in [0.2, 0.25) is 0 Å². The molecule has 0 saturated carbocycles. The number of nitrogens with one attached hydrogen (secondary N) is 1. The van der Waals surface area contributed by atoms with Crippen molar-refractivity contribution in [3.8, 4) is 11.3 Å². The van der Waals surface area contributed by atoms with Crippen LogP contribution in [0.2, 0.25) is 0 Å². The van der Waals surface area contributed by atoms with Crippen LogP contribution in [0.4, 0.5) is 0 Å². The molecular weight excluding hydrogens is 286 g/mol. The van der Waals surface area contributed by atoms with E-state index in [1.165, 1.54) is 16.4 Å². The Kier molecular flexibility index (Phi) is 4.04. The van der Waals surface area contributed by atoms with Crippen molar-refractivity contribution in [2.45, 2.75) is 13.5 Å². The van der Waals surface area contributed by atoms with Crippen LogP contribution >= 0.6 is 27.5 Å². The molecular formula is C11H12BrN3S. The van der Waals surface area contributed by atoms with E-state index in [4.69, 9.17) is 0 Å². The fourth-order valence-electron chi connectivity index (χ4n) is 1.42. The lowest BCUT2D eigenvalue weighted by atomic mass is 10.1. The van der Waals surface area contributed by atoms with Crippen LogP contribution in [-0.4, -0.2) is 16.1 Å². The van der Waals surface area contributed by atoms with Gasteiger partial charge in [0.05, 0.1) is 4.88 Å². The molecule has 0 fully saturated rings. The number of halogens is 1. The van der Waals surface area contributed by atoms with Crippen molar-refractivity contribution in [2.24, 2.45) is 0 Å². The molecule has 2 rings (SSSR count). The molecule has 84 valence electrons. The predicted molar refractivity (Wildman–Crippen MR) is 70.4 cm³/mol. The first-order chi connectivity index (χ1) is 7.81. The molecule has 3 nitrogen and oxygen atoms in total. The Morgan fingerprint density at radius 2 is 2.31 bits per heavy atom. The van der Waals surface area contributed by atoms with Crippen LogP contribution in [0.1, 0.15) is 11.8 Å².